The van der Waals surface area contributed by atoms with Gasteiger partial charge in [0, 0.05) is 6.54 Å². The molecule has 2 fully saturated rings. The quantitative estimate of drug-likeness (QED) is 0.729. The van der Waals surface area contributed by atoms with Crippen LogP contribution in [0.15, 0.2) is 30.3 Å². The lowest BCUT2D eigenvalue weighted by atomic mass is 10.0. The van der Waals surface area contributed by atoms with E-state index in [1.807, 2.05) is 56.0 Å². The van der Waals surface area contributed by atoms with Crippen molar-refractivity contribution in [2.75, 3.05) is 6.54 Å². The number of aromatic nitrogens is 2. The first-order valence-corrected chi connectivity index (χ1v) is 11.2. The van der Waals surface area contributed by atoms with Gasteiger partial charge in [-0.1, -0.05) is 41.7 Å². The van der Waals surface area contributed by atoms with Crippen LogP contribution in [-0.2, 0) is 22.7 Å². The molecule has 31 heavy (non-hydrogen) atoms. The summed E-state index contributed by atoms with van der Waals surface area (Å²) < 4.78 is 5.24. The number of piperidine rings is 1. The molecule has 0 spiro atoms. The monoisotopic (exact) mass is 445 g/mol. The van der Waals surface area contributed by atoms with E-state index in [4.69, 9.17) is 9.57 Å². The Morgan fingerprint density at radius 2 is 2.00 bits per heavy atom. The van der Waals surface area contributed by atoms with Crippen molar-refractivity contribution in [3.8, 4) is 0 Å². The van der Waals surface area contributed by atoms with Crippen LogP contribution in [0.25, 0.3) is 0 Å². The molecule has 0 aliphatic carbocycles. The van der Waals surface area contributed by atoms with E-state index in [1.165, 1.54) is 16.4 Å². The molecule has 2 aliphatic rings. The lowest BCUT2D eigenvalue weighted by Crippen LogP contribution is -2.34. The molecular weight excluding hydrogens is 418 g/mol. The third-order valence-corrected chi connectivity index (χ3v) is 6.11. The molecule has 9 nitrogen and oxygen atoms in total. The van der Waals surface area contributed by atoms with Gasteiger partial charge in [-0.2, -0.15) is 5.06 Å². The number of carbonyl (C=O) groups excluding carboxylic acids is 2. The highest BCUT2D eigenvalue weighted by atomic mass is 32.1. The van der Waals surface area contributed by atoms with Crippen molar-refractivity contribution in [3.63, 3.8) is 0 Å². The number of rotatable bonds is 6. The topological polar surface area (TPSA) is 96.9 Å². The molecule has 166 valence electrons. The van der Waals surface area contributed by atoms with Crippen molar-refractivity contribution >= 4 is 23.5 Å². The number of hydroxylamine groups is 2. The van der Waals surface area contributed by atoms with E-state index in [9.17, 15) is 9.59 Å². The number of amides is 3. The minimum atomic E-state index is -0.556. The molecule has 3 heterocycles. The van der Waals surface area contributed by atoms with Crippen LogP contribution in [0, 0.1) is 0 Å². The number of urea groups is 1. The standard InChI is InChI=1S/C21H27N5O4S/c1-21(2,3)30-19(27)22-11-17-23-24-18(31-17)16-10-9-15-12-25(16)20(28)26(15)29-13-14-7-5-4-6-8-14/h4-8,15-16H,9-13H2,1-3H3,(H,22,27)/t15-,16+/m1/s1. The van der Waals surface area contributed by atoms with E-state index in [0.29, 0.717) is 18.2 Å². The van der Waals surface area contributed by atoms with Crippen LogP contribution >= 0.6 is 11.3 Å². The molecule has 1 aromatic carbocycles. The normalized spacial score (nSPS) is 20.8. The fourth-order valence-corrected chi connectivity index (χ4v) is 4.64. The maximum absolute atomic E-state index is 13.0. The third kappa shape index (κ3) is 5.13. The van der Waals surface area contributed by atoms with Crippen LogP contribution < -0.4 is 5.32 Å². The van der Waals surface area contributed by atoms with Crippen molar-refractivity contribution in [1.82, 2.24) is 25.5 Å². The third-order valence-electron chi connectivity index (χ3n) is 5.09. The second-order valence-electron chi connectivity index (χ2n) is 8.66. The van der Waals surface area contributed by atoms with Crippen molar-refractivity contribution in [3.05, 3.63) is 45.9 Å². The Morgan fingerprint density at radius 1 is 1.23 bits per heavy atom. The number of nitrogens with zero attached hydrogens (tertiary/aromatic N) is 4. The first kappa shape index (κ1) is 21.5. The number of hydrogen-bond donors (Lipinski definition) is 1. The summed E-state index contributed by atoms with van der Waals surface area (Å²) in [4.78, 5) is 32.5. The van der Waals surface area contributed by atoms with Gasteiger partial charge in [-0.25, -0.2) is 9.59 Å². The predicted octanol–water partition coefficient (Wildman–Crippen LogP) is 3.64. The zero-order valence-corrected chi connectivity index (χ0v) is 18.7. The number of fused-ring (bicyclic) bond motifs is 2. The van der Waals surface area contributed by atoms with Gasteiger partial charge in [-0.3, -0.25) is 4.84 Å². The lowest BCUT2D eigenvalue weighted by Gasteiger charge is -2.28. The van der Waals surface area contributed by atoms with Gasteiger partial charge in [-0.05, 0) is 39.2 Å². The zero-order valence-electron chi connectivity index (χ0n) is 17.9. The van der Waals surface area contributed by atoms with Crippen LogP contribution in [0.2, 0.25) is 0 Å². The lowest BCUT2D eigenvalue weighted by molar-refractivity contribution is -0.140. The molecule has 2 aliphatic heterocycles. The Hall–Kier alpha value is -2.72. The van der Waals surface area contributed by atoms with Crippen LogP contribution in [-0.4, -0.2) is 50.5 Å². The summed E-state index contributed by atoms with van der Waals surface area (Å²) in [5, 5.41) is 14.1. The molecule has 1 N–H and O–H groups in total. The number of nitrogens with one attached hydrogen (secondary N) is 1. The number of hydrogen-bond acceptors (Lipinski definition) is 7. The van der Waals surface area contributed by atoms with E-state index in [2.05, 4.69) is 15.5 Å². The highest BCUT2D eigenvalue weighted by Gasteiger charge is 2.47. The molecule has 0 radical (unpaired) electrons. The number of benzene rings is 1. The van der Waals surface area contributed by atoms with Gasteiger partial charge in [0.25, 0.3) is 0 Å². The minimum absolute atomic E-state index is 0.0497. The molecule has 2 atom stereocenters. The van der Waals surface area contributed by atoms with Gasteiger partial charge in [0.1, 0.15) is 22.2 Å². The summed E-state index contributed by atoms with van der Waals surface area (Å²) in [6.07, 6.45) is 1.15. The first-order chi connectivity index (χ1) is 14.8. The van der Waals surface area contributed by atoms with E-state index in [1.54, 1.807) is 0 Å². The Morgan fingerprint density at radius 3 is 2.74 bits per heavy atom. The molecule has 0 unspecified atom stereocenters. The molecule has 0 saturated carbocycles. The average Bonchev–Trinajstić information content (AvgIpc) is 3.29. The fraction of sp³-hybridized carbons (Fsp3) is 0.524. The second kappa shape index (κ2) is 8.80. The van der Waals surface area contributed by atoms with Gasteiger partial charge in [0.2, 0.25) is 0 Å². The predicted molar refractivity (Wildman–Crippen MR) is 114 cm³/mol. The maximum Gasteiger partial charge on any atom is 0.408 e. The van der Waals surface area contributed by atoms with Crippen molar-refractivity contribution < 1.29 is 19.2 Å². The Kier molecular flexibility index (Phi) is 6.10. The van der Waals surface area contributed by atoms with Crippen molar-refractivity contribution in [2.45, 2.75) is 64.4 Å². The SMILES string of the molecule is CC(C)(C)OC(=O)NCc1nnc([C@@H]2CC[C@@H]3CN2C(=O)N3OCc2ccccc2)s1. The average molecular weight is 446 g/mol. The molecule has 2 bridgehead atoms. The second-order valence-corrected chi connectivity index (χ2v) is 9.75. The molecule has 10 heteroatoms. The largest absolute Gasteiger partial charge is 0.444 e. The summed E-state index contributed by atoms with van der Waals surface area (Å²) in [6.45, 7) is 6.65. The van der Waals surface area contributed by atoms with Gasteiger partial charge >= 0.3 is 12.1 Å². The van der Waals surface area contributed by atoms with Crippen molar-refractivity contribution in [1.29, 1.82) is 0 Å². The van der Waals surface area contributed by atoms with E-state index < -0.39 is 11.7 Å². The van der Waals surface area contributed by atoms with Crippen LogP contribution in [0.1, 0.15) is 55.2 Å². The highest BCUT2D eigenvalue weighted by Crippen LogP contribution is 2.39. The Balaban J connectivity index is 1.34. The van der Waals surface area contributed by atoms with E-state index >= 15 is 0 Å². The summed E-state index contributed by atoms with van der Waals surface area (Å²) in [6, 6.07) is 9.60. The number of carbonyl (C=O) groups is 2. The summed E-state index contributed by atoms with van der Waals surface area (Å²) in [5.41, 5.74) is 0.467. The smallest absolute Gasteiger partial charge is 0.408 e. The summed E-state index contributed by atoms with van der Waals surface area (Å²) in [7, 11) is 0. The molecule has 4 rings (SSSR count). The van der Waals surface area contributed by atoms with Crippen LogP contribution in [0.4, 0.5) is 9.59 Å². The van der Waals surface area contributed by atoms with Crippen molar-refractivity contribution in [2.24, 2.45) is 0 Å². The fourth-order valence-electron chi connectivity index (χ4n) is 3.71. The van der Waals surface area contributed by atoms with Crippen LogP contribution in [0.3, 0.4) is 0 Å². The Bertz CT molecular complexity index is 929. The highest BCUT2D eigenvalue weighted by molar-refractivity contribution is 7.11. The van der Waals surface area contributed by atoms with Gasteiger partial charge in [-0.15, -0.1) is 10.2 Å². The first-order valence-electron chi connectivity index (χ1n) is 10.4. The Labute approximate surface area is 185 Å². The van der Waals surface area contributed by atoms with Gasteiger partial charge in [0.05, 0.1) is 18.6 Å². The molecule has 2 aromatic rings. The molecule has 3 amide bonds. The van der Waals surface area contributed by atoms with E-state index in [-0.39, 0.29) is 24.7 Å². The molecule has 1 aromatic heterocycles. The van der Waals surface area contributed by atoms with Gasteiger partial charge in [0.15, 0.2) is 0 Å². The maximum atomic E-state index is 13.0. The minimum Gasteiger partial charge on any atom is -0.444 e. The van der Waals surface area contributed by atoms with Gasteiger partial charge < -0.3 is 15.0 Å². The summed E-state index contributed by atoms with van der Waals surface area (Å²) >= 11 is 1.40. The molecular formula is C21H27N5O4S. The number of ether oxygens (including phenoxy) is 1. The van der Waals surface area contributed by atoms with E-state index in [0.717, 1.165) is 23.4 Å². The summed E-state index contributed by atoms with van der Waals surface area (Å²) in [5.74, 6) is 0. The zero-order chi connectivity index (χ0) is 22.0. The number of alkyl carbamates (subject to hydrolysis) is 1. The van der Waals surface area contributed by atoms with Crippen LogP contribution in [0.5, 0.6) is 0 Å². The molecule has 2 saturated heterocycles.